The van der Waals surface area contributed by atoms with Crippen LogP contribution in [0.2, 0.25) is 0 Å². The molecule has 2 unspecified atom stereocenters. The van der Waals surface area contributed by atoms with Crippen molar-refractivity contribution in [3.63, 3.8) is 0 Å². The van der Waals surface area contributed by atoms with Gasteiger partial charge in [-0.2, -0.15) is 22.0 Å². The van der Waals surface area contributed by atoms with Gasteiger partial charge < -0.3 is 0 Å². The fraction of sp³-hybridized carbons (Fsp3) is 1.00. The molecule has 0 aromatic carbocycles. The molecule has 0 bridgehead atoms. The molecule has 104 valence electrons. The van der Waals surface area contributed by atoms with Gasteiger partial charge in [0.2, 0.25) is 0 Å². The van der Waals surface area contributed by atoms with E-state index in [1.165, 1.54) is 0 Å². The summed E-state index contributed by atoms with van der Waals surface area (Å²) >= 11 is 0. The Morgan fingerprint density at radius 3 is 2.00 bits per heavy atom. The van der Waals surface area contributed by atoms with Crippen molar-refractivity contribution in [2.75, 3.05) is 6.16 Å². The average molecular weight is 278 g/mol. The first-order chi connectivity index (χ1) is 7.74. The Hall–Kier alpha value is 0.0800. The van der Waals surface area contributed by atoms with Crippen LogP contribution in [0.4, 0.5) is 22.0 Å². The normalized spacial score (nSPS) is 15.7. The van der Waals surface area contributed by atoms with Crippen LogP contribution in [0.15, 0.2) is 0 Å². The van der Waals surface area contributed by atoms with Crippen LogP contribution in [0, 0.1) is 5.92 Å². The SMILES string of the molecule is CCCCC(CC)CCPC(F)(F)C(F)(F)F. The van der Waals surface area contributed by atoms with Crippen LogP contribution in [0.5, 0.6) is 0 Å². The van der Waals surface area contributed by atoms with Crippen LogP contribution in [-0.2, 0) is 0 Å². The van der Waals surface area contributed by atoms with Crippen LogP contribution in [0.3, 0.4) is 0 Å². The molecule has 0 amide bonds. The monoisotopic (exact) mass is 278 g/mol. The maximum atomic E-state index is 12.6. The number of rotatable bonds is 8. The highest BCUT2D eigenvalue weighted by atomic mass is 31.1. The fourth-order valence-corrected chi connectivity index (χ4v) is 2.65. The third-order valence-corrected chi connectivity index (χ3v) is 4.07. The Bertz CT molecular complexity index is 203. The topological polar surface area (TPSA) is 0 Å². The summed E-state index contributed by atoms with van der Waals surface area (Å²) < 4.78 is 60.9. The summed E-state index contributed by atoms with van der Waals surface area (Å²) in [4.78, 5) is 0. The minimum absolute atomic E-state index is 0.0330. The molecule has 0 rings (SSSR count). The second-order valence-corrected chi connectivity index (χ2v) is 5.69. The van der Waals surface area contributed by atoms with Crippen LogP contribution in [-0.4, -0.2) is 18.0 Å². The van der Waals surface area contributed by atoms with E-state index in [1.54, 1.807) is 0 Å². The first kappa shape index (κ1) is 17.1. The quantitative estimate of drug-likeness (QED) is 0.410. The third kappa shape index (κ3) is 6.54. The smallest absolute Gasteiger partial charge is 0.192 e. The van der Waals surface area contributed by atoms with E-state index in [9.17, 15) is 22.0 Å². The van der Waals surface area contributed by atoms with E-state index >= 15 is 0 Å². The number of alkyl halides is 5. The van der Waals surface area contributed by atoms with Gasteiger partial charge in [0.05, 0.1) is 0 Å². The average Bonchev–Trinajstić information content (AvgIpc) is 2.21. The van der Waals surface area contributed by atoms with Crippen LogP contribution in [0.1, 0.15) is 46.0 Å². The van der Waals surface area contributed by atoms with Crippen LogP contribution in [0.25, 0.3) is 0 Å². The van der Waals surface area contributed by atoms with Crippen LogP contribution >= 0.6 is 8.58 Å². The van der Waals surface area contributed by atoms with E-state index < -0.39 is 20.4 Å². The Labute approximate surface area is 101 Å². The molecule has 0 saturated carbocycles. The lowest BCUT2D eigenvalue weighted by Gasteiger charge is -2.21. The van der Waals surface area contributed by atoms with Gasteiger partial charge in [0.25, 0.3) is 0 Å². The van der Waals surface area contributed by atoms with Gasteiger partial charge in [0.15, 0.2) is 0 Å². The number of halogens is 5. The summed E-state index contributed by atoms with van der Waals surface area (Å²) in [5, 5.41) is 0. The molecule has 0 N–H and O–H groups in total. The highest BCUT2D eigenvalue weighted by Crippen LogP contribution is 2.48. The minimum Gasteiger partial charge on any atom is -0.192 e. The Kier molecular flexibility index (Phi) is 7.54. The Morgan fingerprint density at radius 1 is 1.00 bits per heavy atom. The Balaban J connectivity index is 3.96. The molecule has 0 radical (unpaired) electrons. The minimum atomic E-state index is -5.39. The van der Waals surface area contributed by atoms with Crippen molar-refractivity contribution in [3.05, 3.63) is 0 Å². The number of hydrogen-bond donors (Lipinski definition) is 0. The summed E-state index contributed by atoms with van der Waals surface area (Å²) in [5.74, 6) is 0.284. The predicted octanol–water partition coefficient (Wildman–Crippen LogP) is 5.43. The van der Waals surface area contributed by atoms with Gasteiger partial charge in [-0.1, -0.05) is 39.5 Å². The molecule has 2 atom stereocenters. The van der Waals surface area contributed by atoms with Gasteiger partial charge in [-0.3, -0.25) is 0 Å². The Morgan fingerprint density at radius 2 is 1.59 bits per heavy atom. The fourth-order valence-electron chi connectivity index (χ4n) is 1.58. The standard InChI is InChI=1S/C11H20F5P/c1-3-5-6-9(4-2)7-8-17-11(15,16)10(12,13)14/h9,17H,3-8H2,1-2H3. The highest BCUT2D eigenvalue weighted by molar-refractivity contribution is 7.39. The summed E-state index contributed by atoms with van der Waals surface area (Å²) in [6.45, 7) is 3.98. The molecule has 6 heteroatoms. The molecule has 0 aromatic rings. The molecule has 0 aliphatic rings. The third-order valence-electron chi connectivity index (χ3n) is 2.80. The van der Waals surface area contributed by atoms with Crippen molar-refractivity contribution in [1.82, 2.24) is 0 Å². The maximum Gasteiger partial charge on any atom is 0.457 e. The molecular formula is C11H20F5P. The molecule has 0 aromatic heterocycles. The van der Waals surface area contributed by atoms with Crippen molar-refractivity contribution in [2.24, 2.45) is 5.92 Å². The summed E-state index contributed by atoms with van der Waals surface area (Å²) in [6.07, 6.45) is -1.14. The zero-order chi connectivity index (χ0) is 13.5. The predicted molar refractivity (Wildman–Crippen MR) is 62.1 cm³/mol. The van der Waals surface area contributed by atoms with Crippen molar-refractivity contribution in [3.8, 4) is 0 Å². The number of hydrogen-bond acceptors (Lipinski definition) is 0. The summed E-state index contributed by atoms with van der Waals surface area (Å²) in [6, 6.07) is 0. The van der Waals surface area contributed by atoms with Crippen LogP contribution < -0.4 is 0 Å². The largest absolute Gasteiger partial charge is 0.457 e. The lowest BCUT2D eigenvalue weighted by atomic mass is 9.97. The van der Waals surface area contributed by atoms with Crippen molar-refractivity contribution >= 4 is 8.58 Å². The van der Waals surface area contributed by atoms with Gasteiger partial charge in [0, 0.05) is 0 Å². The lowest BCUT2D eigenvalue weighted by molar-refractivity contribution is -0.239. The molecular weight excluding hydrogens is 258 g/mol. The molecule has 0 spiro atoms. The first-order valence-electron chi connectivity index (χ1n) is 5.94. The second-order valence-electron chi connectivity index (χ2n) is 4.20. The van der Waals surface area contributed by atoms with Crippen molar-refractivity contribution in [1.29, 1.82) is 0 Å². The van der Waals surface area contributed by atoms with Gasteiger partial charge in [-0.25, -0.2) is 0 Å². The molecule has 17 heavy (non-hydrogen) atoms. The molecule has 0 aliphatic carbocycles. The first-order valence-corrected chi connectivity index (χ1v) is 7.14. The highest BCUT2D eigenvalue weighted by Gasteiger charge is 2.56. The molecule has 0 nitrogen and oxygen atoms in total. The summed E-state index contributed by atoms with van der Waals surface area (Å²) in [7, 11) is -1.35. The van der Waals surface area contributed by atoms with Gasteiger partial charge in [-0.15, -0.1) is 0 Å². The van der Waals surface area contributed by atoms with Gasteiger partial charge >= 0.3 is 11.8 Å². The zero-order valence-corrected chi connectivity index (χ0v) is 11.2. The summed E-state index contributed by atoms with van der Waals surface area (Å²) in [5.41, 5.74) is -4.50. The number of unbranched alkanes of at least 4 members (excludes halogenated alkanes) is 1. The van der Waals surface area contributed by atoms with E-state index in [4.69, 9.17) is 0 Å². The molecule has 0 saturated heterocycles. The van der Waals surface area contributed by atoms with Gasteiger partial charge in [-0.05, 0) is 27.1 Å². The molecule has 0 aliphatic heterocycles. The van der Waals surface area contributed by atoms with E-state index in [0.29, 0.717) is 6.42 Å². The maximum absolute atomic E-state index is 12.6. The lowest BCUT2D eigenvalue weighted by Crippen LogP contribution is -2.32. The van der Waals surface area contributed by atoms with E-state index in [2.05, 4.69) is 0 Å². The van der Waals surface area contributed by atoms with Gasteiger partial charge in [0.1, 0.15) is 0 Å². The van der Waals surface area contributed by atoms with E-state index in [-0.39, 0.29) is 12.1 Å². The zero-order valence-electron chi connectivity index (χ0n) is 10.2. The van der Waals surface area contributed by atoms with E-state index in [1.807, 2.05) is 13.8 Å². The van der Waals surface area contributed by atoms with Crippen molar-refractivity contribution in [2.45, 2.75) is 57.8 Å². The molecule has 0 heterocycles. The van der Waals surface area contributed by atoms with E-state index in [0.717, 1.165) is 25.7 Å². The molecule has 0 fully saturated rings. The van der Waals surface area contributed by atoms with Crippen molar-refractivity contribution < 1.29 is 22.0 Å². The second kappa shape index (κ2) is 7.50.